The summed E-state index contributed by atoms with van der Waals surface area (Å²) < 4.78 is 2.70. The van der Waals surface area contributed by atoms with E-state index in [-0.39, 0.29) is 0 Å². The van der Waals surface area contributed by atoms with Crippen LogP contribution in [0.5, 0.6) is 0 Å². The molecule has 0 saturated heterocycles. The van der Waals surface area contributed by atoms with E-state index in [0.29, 0.717) is 0 Å². The molecule has 2 nitrogen and oxygen atoms in total. The molecule has 3 aromatic heterocycles. The number of nitrogens with one attached hydrogen (secondary N) is 1. The maximum atomic E-state index is 6.12. The van der Waals surface area contributed by atoms with E-state index in [1.807, 2.05) is 23.5 Å². The molecule has 0 atom stereocenters. The van der Waals surface area contributed by atoms with E-state index >= 15 is 0 Å². The van der Waals surface area contributed by atoms with E-state index in [1.54, 1.807) is 11.3 Å². The lowest BCUT2D eigenvalue weighted by molar-refractivity contribution is 1.57. The molecule has 0 aliphatic heterocycles. The number of rotatable bonds is 1. The molecule has 0 amide bonds. The number of thiophene rings is 2. The standard InChI is InChI=1S/C18H12N2S2/c19-13-6-2-3-10-11(13)4-1-5-12(10)16-9-15-18(22-16)17-14(20-15)7-8-21-17/h1-9,20H,19H2. The third kappa shape index (κ3) is 1.59. The number of fused-ring (bicyclic) bond motifs is 4. The zero-order valence-corrected chi connectivity index (χ0v) is 13.2. The predicted molar refractivity (Wildman–Crippen MR) is 98.9 cm³/mol. The van der Waals surface area contributed by atoms with Crippen molar-refractivity contribution in [1.82, 2.24) is 4.98 Å². The number of H-pyrrole nitrogens is 1. The SMILES string of the molecule is Nc1cccc2c(-c3cc4[nH]c5ccsc5c4s3)cccc12. The fourth-order valence-electron chi connectivity index (χ4n) is 3.06. The van der Waals surface area contributed by atoms with Gasteiger partial charge in [0.2, 0.25) is 0 Å². The third-order valence-electron chi connectivity index (χ3n) is 4.09. The van der Waals surface area contributed by atoms with Crippen molar-refractivity contribution in [2.75, 3.05) is 5.73 Å². The van der Waals surface area contributed by atoms with Gasteiger partial charge in [-0.1, -0.05) is 30.3 Å². The Balaban J connectivity index is 1.83. The Labute approximate surface area is 134 Å². The van der Waals surface area contributed by atoms with Crippen LogP contribution in [0.25, 0.3) is 41.6 Å². The highest BCUT2D eigenvalue weighted by molar-refractivity contribution is 7.28. The van der Waals surface area contributed by atoms with Crippen LogP contribution in [0.1, 0.15) is 0 Å². The Kier molecular flexibility index (Phi) is 2.42. The molecular formula is C18H12N2S2. The summed E-state index contributed by atoms with van der Waals surface area (Å²) in [5.74, 6) is 0. The van der Waals surface area contributed by atoms with Crippen LogP contribution in [0.3, 0.4) is 0 Å². The van der Waals surface area contributed by atoms with Crippen LogP contribution in [0, 0.1) is 0 Å². The number of aromatic nitrogens is 1. The minimum Gasteiger partial charge on any atom is -0.398 e. The lowest BCUT2D eigenvalue weighted by Crippen LogP contribution is -1.87. The number of nitrogen functional groups attached to an aromatic ring is 1. The molecule has 5 aromatic rings. The third-order valence-corrected chi connectivity index (χ3v) is 6.34. The summed E-state index contributed by atoms with van der Waals surface area (Å²) in [6, 6.07) is 16.9. The highest BCUT2D eigenvalue weighted by Crippen LogP contribution is 2.42. The molecule has 22 heavy (non-hydrogen) atoms. The van der Waals surface area contributed by atoms with Gasteiger partial charge in [0.1, 0.15) is 0 Å². The molecule has 0 spiro atoms. The quantitative estimate of drug-likeness (QED) is 0.374. The van der Waals surface area contributed by atoms with Gasteiger partial charge in [0.15, 0.2) is 0 Å². The zero-order valence-electron chi connectivity index (χ0n) is 11.6. The van der Waals surface area contributed by atoms with Crippen LogP contribution < -0.4 is 5.73 Å². The summed E-state index contributed by atoms with van der Waals surface area (Å²) >= 11 is 3.65. The molecular weight excluding hydrogens is 308 g/mol. The molecule has 5 rings (SSSR count). The summed E-state index contributed by atoms with van der Waals surface area (Å²) in [6.45, 7) is 0. The Morgan fingerprint density at radius 3 is 2.68 bits per heavy atom. The van der Waals surface area contributed by atoms with E-state index in [1.165, 1.54) is 36.3 Å². The van der Waals surface area contributed by atoms with E-state index in [2.05, 4.69) is 46.8 Å². The topological polar surface area (TPSA) is 41.8 Å². The van der Waals surface area contributed by atoms with Crippen molar-refractivity contribution in [3.05, 3.63) is 53.9 Å². The maximum Gasteiger partial charge on any atom is 0.0705 e. The Bertz CT molecular complexity index is 1140. The monoisotopic (exact) mass is 320 g/mol. The number of benzene rings is 2. The van der Waals surface area contributed by atoms with Gasteiger partial charge in [0.25, 0.3) is 0 Å². The number of hydrogen-bond donors (Lipinski definition) is 2. The fourth-order valence-corrected chi connectivity index (χ4v) is 5.24. The van der Waals surface area contributed by atoms with E-state index < -0.39 is 0 Å². The average molecular weight is 320 g/mol. The van der Waals surface area contributed by atoms with Gasteiger partial charge in [0.05, 0.1) is 20.4 Å². The first-order valence-corrected chi connectivity index (χ1v) is 8.77. The molecule has 106 valence electrons. The average Bonchev–Trinajstić information content (AvgIpc) is 3.19. The summed E-state index contributed by atoms with van der Waals surface area (Å²) in [4.78, 5) is 4.79. The van der Waals surface area contributed by atoms with Gasteiger partial charge in [-0.15, -0.1) is 22.7 Å². The first kappa shape index (κ1) is 12.3. The fraction of sp³-hybridized carbons (Fsp3) is 0. The second kappa shape index (κ2) is 4.35. The van der Waals surface area contributed by atoms with Gasteiger partial charge in [-0.3, -0.25) is 0 Å². The molecule has 3 N–H and O–H groups in total. The van der Waals surface area contributed by atoms with Crippen LogP contribution in [0.4, 0.5) is 5.69 Å². The van der Waals surface area contributed by atoms with Crippen molar-refractivity contribution in [2.24, 2.45) is 0 Å². The summed E-state index contributed by atoms with van der Waals surface area (Å²) in [7, 11) is 0. The molecule has 0 unspecified atom stereocenters. The summed E-state index contributed by atoms with van der Waals surface area (Å²) in [5, 5.41) is 4.48. The first-order valence-electron chi connectivity index (χ1n) is 7.07. The van der Waals surface area contributed by atoms with Gasteiger partial charge >= 0.3 is 0 Å². The van der Waals surface area contributed by atoms with Crippen molar-refractivity contribution in [2.45, 2.75) is 0 Å². The highest BCUT2D eigenvalue weighted by atomic mass is 32.1. The molecule has 2 aromatic carbocycles. The summed E-state index contributed by atoms with van der Waals surface area (Å²) in [5.41, 5.74) is 10.7. The van der Waals surface area contributed by atoms with Gasteiger partial charge in [0, 0.05) is 16.0 Å². The molecule has 0 saturated carbocycles. The Hall–Kier alpha value is -2.30. The minimum atomic E-state index is 0.835. The predicted octanol–water partition coefficient (Wildman–Crippen LogP) is 5.85. The van der Waals surface area contributed by atoms with Gasteiger partial charge in [-0.05, 0) is 34.5 Å². The molecule has 0 radical (unpaired) electrons. The van der Waals surface area contributed by atoms with Crippen LogP contribution >= 0.6 is 22.7 Å². The summed E-state index contributed by atoms with van der Waals surface area (Å²) in [6.07, 6.45) is 0. The number of aromatic amines is 1. The van der Waals surface area contributed by atoms with Crippen molar-refractivity contribution in [3.63, 3.8) is 0 Å². The highest BCUT2D eigenvalue weighted by Gasteiger charge is 2.13. The van der Waals surface area contributed by atoms with Crippen LogP contribution in [0.15, 0.2) is 53.9 Å². The normalized spacial score (nSPS) is 11.8. The number of hydrogen-bond acceptors (Lipinski definition) is 3. The second-order valence-electron chi connectivity index (χ2n) is 5.39. The number of nitrogens with two attached hydrogens (primary N) is 1. The van der Waals surface area contributed by atoms with E-state index in [4.69, 9.17) is 5.73 Å². The van der Waals surface area contributed by atoms with Crippen molar-refractivity contribution in [1.29, 1.82) is 0 Å². The second-order valence-corrected chi connectivity index (χ2v) is 7.36. The maximum absolute atomic E-state index is 6.12. The lowest BCUT2D eigenvalue weighted by atomic mass is 10.0. The molecule has 0 fully saturated rings. The number of anilines is 1. The molecule has 4 heteroatoms. The Morgan fingerprint density at radius 1 is 0.864 bits per heavy atom. The molecule has 0 aliphatic carbocycles. The smallest absolute Gasteiger partial charge is 0.0705 e. The first-order chi connectivity index (χ1) is 10.8. The molecule has 0 bridgehead atoms. The van der Waals surface area contributed by atoms with Crippen molar-refractivity contribution < 1.29 is 0 Å². The van der Waals surface area contributed by atoms with Crippen LogP contribution in [-0.2, 0) is 0 Å². The zero-order chi connectivity index (χ0) is 14.7. The molecule has 3 heterocycles. The van der Waals surface area contributed by atoms with Crippen molar-refractivity contribution in [3.8, 4) is 10.4 Å². The van der Waals surface area contributed by atoms with Crippen LogP contribution in [-0.4, -0.2) is 4.98 Å². The van der Waals surface area contributed by atoms with E-state index in [9.17, 15) is 0 Å². The molecule has 0 aliphatic rings. The lowest BCUT2D eigenvalue weighted by Gasteiger charge is -2.06. The van der Waals surface area contributed by atoms with Crippen molar-refractivity contribution >= 4 is 59.6 Å². The minimum absolute atomic E-state index is 0.835. The van der Waals surface area contributed by atoms with Gasteiger partial charge in [-0.2, -0.15) is 0 Å². The van der Waals surface area contributed by atoms with Gasteiger partial charge in [-0.25, -0.2) is 0 Å². The van der Waals surface area contributed by atoms with Gasteiger partial charge < -0.3 is 10.7 Å². The van der Waals surface area contributed by atoms with Crippen LogP contribution in [0.2, 0.25) is 0 Å². The Morgan fingerprint density at radius 2 is 1.73 bits per heavy atom. The largest absolute Gasteiger partial charge is 0.398 e. The van der Waals surface area contributed by atoms with E-state index in [0.717, 1.165) is 11.1 Å².